The predicted octanol–water partition coefficient (Wildman–Crippen LogP) is 4.25. The topological polar surface area (TPSA) is 84.9 Å². The van der Waals surface area contributed by atoms with E-state index in [1.54, 1.807) is 30.3 Å². The Labute approximate surface area is 168 Å². The summed E-state index contributed by atoms with van der Waals surface area (Å²) in [4.78, 5) is 24.4. The van der Waals surface area contributed by atoms with E-state index < -0.39 is 5.97 Å². The number of aryl methyl sites for hydroxylation is 2. The summed E-state index contributed by atoms with van der Waals surface area (Å²) in [6.45, 7) is 3.64. The highest BCUT2D eigenvalue weighted by atomic mass is 16.5. The number of benzene rings is 3. The summed E-state index contributed by atoms with van der Waals surface area (Å²) in [5.41, 5.74) is 2.22. The van der Waals surface area contributed by atoms with Crippen molar-refractivity contribution in [3.05, 3.63) is 83.4 Å². The molecule has 3 aromatic rings. The van der Waals surface area contributed by atoms with Gasteiger partial charge in [0.05, 0.1) is 0 Å². The predicted molar refractivity (Wildman–Crippen MR) is 110 cm³/mol. The molecule has 0 unspecified atom stereocenters. The first-order chi connectivity index (χ1) is 13.9. The summed E-state index contributed by atoms with van der Waals surface area (Å²) in [5.74, 6) is -0.321. The Morgan fingerprint density at radius 1 is 0.931 bits per heavy atom. The van der Waals surface area contributed by atoms with Crippen LogP contribution in [-0.4, -0.2) is 23.6 Å². The van der Waals surface area contributed by atoms with E-state index in [2.05, 4.69) is 5.32 Å². The molecule has 0 aliphatic rings. The number of esters is 1. The molecule has 0 radical (unpaired) electrons. The fourth-order valence-corrected chi connectivity index (χ4v) is 2.79. The molecule has 0 aromatic heterocycles. The Morgan fingerprint density at radius 2 is 1.62 bits per heavy atom. The summed E-state index contributed by atoms with van der Waals surface area (Å²) in [6.07, 6.45) is 0. The number of phenols is 1. The lowest BCUT2D eigenvalue weighted by Gasteiger charge is -2.12. The summed E-state index contributed by atoms with van der Waals surface area (Å²) in [5, 5.41) is 12.8. The van der Waals surface area contributed by atoms with Crippen molar-refractivity contribution in [2.24, 2.45) is 0 Å². The van der Waals surface area contributed by atoms with Crippen molar-refractivity contribution in [2.45, 2.75) is 13.8 Å². The minimum atomic E-state index is -0.690. The maximum absolute atomic E-state index is 12.2. The average molecular weight is 391 g/mol. The third-order valence-corrected chi connectivity index (χ3v) is 4.21. The SMILES string of the molecule is Cc1cccc(C)c1OCC(=O)Nc1ccc(C(=O)Oc2ccccc2)c(O)c1. The van der Waals surface area contributed by atoms with Crippen molar-refractivity contribution in [1.82, 2.24) is 0 Å². The van der Waals surface area contributed by atoms with Gasteiger partial charge in [0.15, 0.2) is 6.61 Å². The van der Waals surface area contributed by atoms with E-state index in [0.29, 0.717) is 17.2 Å². The van der Waals surface area contributed by atoms with Crippen LogP contribution in [0, 0.1) is 13.8 Å². The standard InChI is InChI=1S/C23H21NO5/c1-15-7-6-8-16(2)22(15)28-14-21(26)24-17-11-12-19(20(25)13-17)23(27)29-18-9-4-3-5-10-18/h3-13,25H,14H2,1-2H3,(H,24,26). The van der Waals surface area contributed by atoms with Crippen molar-refractivity contribution in [3.8, 4) is 17.2 Å². The highest BCUT2D eigenvalue weighted by Gasteiger charge is 2.15. The second-order valence-electron chi connectivity index (χ2n) is 6.49. The first kappa shape index (κ1) is 19.9. The lowest BCUT2D eigenvalue weighted by molar-refractivity contribution is -0.118. The number of para-hydroxylation sites is 2. The van der Waals surface area contributed by atoms with Crippen LogP contribution < -0.4 is 14.8 Å². The molecule has 0 atom stereocenters. The van der Waals surface area contributed by atoms with Gasteiger partial charge in [-0.3, -0.25) is 4.79 Å². The third-order valence-electron chi connectivity index (χ3n) is 4.21. The molecule has 0 heterocycles. The van der Waals surface area contributed by atoms with Crippen LogP contribution in [0.5, 0.6) is 17.2 Å². The van der Waals surface area contributed by atoms with Gasteiger partial charge in [0.2, 0.25) is 0 Å². The van der Waals surface area contributed by atoms with Gasteiger partial charge in [-0.2, -0.15) is 0 Å². The number of nitrogens with one attached hydrogen (secondary N) is 1. The molecule has 0 saturated carbocycles. The van der Waals surface area contributed by atoms with E-state index in [1.807, 2.05) is 32.0 Å². The number of rotatable bonds is 6. The molecule has 1 amide bonds. The van der Waals surface area contributed by atoms with Gasteiger partial charge in [0.1, 0.15) is 22.8 Å². The zero-order chi connectivity index (χ0) is 20.8. The molecule has 0 fully saturated rings. The Hall–Kier alpha value is -3.80. The molecular weight excluding hydrogens is 370 g/mol. The van der Waals surface area contributed by atoms with Gasteiger partial charge in [-0.05, 0) is 49.2 Å². The first-order valence-electron chi connectivity index (χ1n) is 9.03. The number of aromatic hydroxyl groups is 1. The van der Waals surface area contributed by atoms with E-state index in [4.69, 9.17) is 9.47 Å². The minimum Gasteiger partial charge on any atom is -0.507 e. The lowest BCUT2D eigenvalue weighted by atomic mass is 10.1. The quantitative estimate of drug-likeness (QED) is 0.485. The largest absolute Gasteiger partial charge is 0.507 e. The highest BCUT2D eigenvalue weighted by Crippen LogP contribution is 2.25. The molecule has 3 rings (SSSR count). The van der Waals surface area contributed by atoms with Crippen LogP contribution in [0.4, 0.5) is 5.69 Å². The van der Waals surface area contributed by atoms with Crippen LogP contribution in [0.15, 0.2) is 66.7 Å². The summed E-state index contributed by atoms with van der Waals surface area (Å²) in [7, 11) is 0. The molecular formula is C23H21NO5. The number of hydrogen-bond donors (Lipinski definition) is 2. The van der Waals surface area contributed by atoms with Crippen LogP contribution in [0.2, 0.25) is 0 Å². The second-order valence-corrected chi connectivity index (χ2v) is 6.49. The second kappa shape index (κ2) is 8.93. The van der Waals surface area contributed by atoms with E-state index in [1.165, 1.54) is 18.2 Å². The Morgan fingerprint density at radius 3 is 2.28 bits per heavy atom. The van der Waals surface area contributed by atoms with Gasteiger partial charge < -0.3 is 19.9 Å². The molecule has 0 spiro atoms. The summed E-state index contributed by atoms with van der Waals surface area (Å²) >= 11 is 0. The number of anilines is 1. The van der Waals surface area contributed by atoms with Crippen molar-refractivity contribution < 1.29 is 24.2 Å². The Balaban J connectivity index is 1.61. The van der Waals surface area contributed by atoms with Crippen LogP contribution in [-0.2, 0) is 4.79 Å². The van der Waals surface area contributed by atoms with Crippen LogP contribution in [0.25, 0.3) is 0 Å². The van der Waals surface area contributed by atoms with Gasteiger partial charge in [0, 0.05) is 11.8 Å². The van der Waals surface area contributed by atoms with Crippen molar-refractivity contribution in [2.75, 3.05) is 11.9 Å². The van der Waals surface area contributed by atoms with Crippen LogP contribution >= 0.6 is 0 Å². The summed E-state index contributed by atoms with van der Waals surface area (Å²) in [6, 6.07) is 18.5. The number of carbonyl (C=O) groups is 2. The van der Waals surface area contributed by atoms with Crippen molar-refractivity contribution >= 4 is 17.6 Å². The maximum atomic E-state index is 12.2. The number of phenolic OH excluding ortho intramolecular Hbond substituents is 1. The minimum absolute atomic E-state index is 0.00126. The Bertz CT molecular complexity index is 1010. The van der Waals surface area contributed by atoms with Crippen LogP contribution in [0.3, 0.4) is 0 Å². The lowest BCUT2D eigenvalue weighted by Crippen LogP contribution is -2.20. The molecule has 0 aliphatic heterocycles. The maximum Gasteiger partial charge on any atom is 0.347 e. The van der Waals surface area contributed by atoms with E-state index in [9.17, 15) is 14.7 Å². The fraction of sp³-hybridized carbons (Fsp3) is 0.130. The normalized spacial score (nSPS) is 10.3. The molecule has 6 nitrogen and oxygen atoms in total. The number of amides is 1. The first-order valence-corrected chi connectivity index (χ1v) is 9.03. The zero-order valence-electron chi connectivity index (χ0n) is 16.1. The van der Waals surface area contributed by atoms with Gasteiger partial charge in [-0.15, -0.1) is 0 Å². The smallest absolute Gasteiger partial charge is 0.347 e. The molecule has 29 heavy (non-hydrogen) atoms. The average Bonchev–Trinajstić information content (AvgIpc) is 2.68. The van der Waals surface area contributed by atoms with Crippen molar-refractivity contribution in [3.63, 3.8) is 0 Å². The Kier molecular flexibility index (Phi) is 6.14. The van der Waals surface area contributed by atoms with E-state index in [0.717, 1.165) is 11.1 Å². The van der Waals surface area contributed by atoms with Gasteiger partial charge in [0.25, 0.3) is 5.91 Å². The monoisotopic (exact) mass is 391 g/mol. The number of hydrogen-bond acceptors (Lipinski definition) is 5. The molecule has 6 heteroatoms. The van der Waals surface area contributed by atoms with E-state index >= 15 is 0 Å². The molecule has 3 aromatic carbocycles. The zero-order valence-corrected chi connectivity index (χ0v) is 16.1. The summed E-state index contributed by atoms with van der Waals surface area (Å²) < 4.78 is 10.8. The molecule has 148 valence electrons. The highest BCUT2D eigenvalue weighted by molar-refractivity contribution is 5.96. The molecule has 0 aliphatic carbocycles. The van der Waals surface area contributed by atoms with Crippen molar-refractivity contribution in [1.29, 1.82) is 0 Å². The fourth-order valence-electron chi connectivity index (χ4n) is 2.79. The molecule has 0 saturated heterocycles. The van der Waals surface area contributed by atoms with E-state index in [-0.39, 0.29) is 23.8 Å². The van der Waals surface area contributed by atoms with Gasteiger partial charge in [-0.1, -0.05) is 36.4 Å². The van der Waals surface area contributed by atoms with Crippen LogP contribution in [0.1, 0.15) is 21.5 Å². The number of ether oxygens (including phenoxy) is 2. The molecule has 0 bridgehead atoms. The third kappa shape index (κ3) is 5.13. The number of carbonyl (C=O) groups excluding carboxylic acids is 2. The van der Waals surface area contributed by atoms with Gasteiger partial charge in [-0.25, -0.2) is 4.79 Å². The van der Waals surface area contributed by atoms with Gasteiger partial charge >= 0.3 is 5.97 Å². The molecule has 2 N–H and O–H groups in total.